The van der Waals surface area contributed by atoms with Crippen LogP contribution in [0.2, 0.25) is 0 Å². The van der Waals surface area contributed by atoms with Gasteiger partial charge in [0.05, 0.1) is 5.69 Å². The highest BCUT2D eigenvalue weighted by Crippen LogP contribution is 2.10. The van der Waals surface area contributed by atoms with Gasteiger partial charge in [-0.25, -0.2) is 4.68 Å². The number of benzene rings is 1. The summed E-state index contributed by atoms with van der Waals surface area (Å²) in [5, 5.41) is 4.09. The van der Waals surface area contributed by atoms with E-state index in [9.17, 15) is 4.79 Å². The van der Waals surface area contributed by atoms with Crippen molar-refractivity contribution in [3.63, 3.8) is 0 Å². The molecule has 0 radical (unpaired) electrons. The van der Waals surface area contributed by atoms with Gasteiger partial charge in [0.25, 0.3) is 0 Å². The fourth-order valence-electron chi connectivity index (χ4n) is 1.34. The van der Waals surface area contributed by atoms with Gasteiger partial charge in [-0.05, 0) is 24.3 Å². The molecule has 3 nitrogen and oxygen atoms in total. The average molecular weight is 198 g/mol. The molecule has 15 heavy (non-hydrogen) atoms. The van der Waals surface area contributed by atoms with Crippen LogP contribution in [0.15, 0.2) is 55.4 Å². The molecule has 0 spiro atoms. The van der Waals surface area contributed by atoms with Crippen molar-refractivity contribution in [2.75, 3.05) is 0 Å². The number of ketones is 1. The summed E-state index contributed by atoms with van der Waals surface area (Å²) < 4.78 is 1.71. The van der Waals surface area contributed by atoms with Crippen LogP contribution >= 0.6 is 0 Å². The maximum absolute atomic E-state index is 11.4. The van der Waals surface area contributed by atoms with Gasteiger partial charge in [0, 0.05) is 18.0 Å². The van der Waals surface area contributed by atoms with Crippen molar-refractivity contribution in [2.24, 2.45) is 0 Å². The van der Waals surface area contributed by atoms with Crippen molar-refractivity contribution >= 4 is 5.78 Å². The first-order valence-corrected chi connectivity index (χ1v) is 4.58. The Balaban J connectivity index is 2.43. The molecule has 0 amide bonds. The standard InChI is InChI=1S/C12H10N2O/c1-2-12(15)10-5-3-6-11(9-10)14-8-4-7-13-14/h2-9H,1H2. The van der Waals surface area contributed by atoms with E-state index in [2.05, 4.69) is 11.7 Å². The molecule has 0 saturated carbocycles. The maximum atomic E-state index is 11.4. The molecule has 0 unspecified atom stereocenters. The second kappa shape index (κ2) is 3.92. The zero-order valence-electron chi connectivity index (χ0n) is 8.13. The normalized spacial score (nSPS) is 9.87. The highest BCUT2D eigenvalue weighted by molar-refractivity contribution is 6.04. The predicted octanol–water partition coefficient (Wildman–Crippen LogP) is 2.24. The van der Waals surface area contributed by atoms with E-state index in [1.54, 1.807) is 23.0 Å². The largest absolute Gasteiger partial charge is 0.289 e. The third kappa shape index (κ3) is 1.86. The van der Waals surface area contributed by atoms with E-state index in [1.807, 2.05) is 24.4 Å². The molecule has 3 heteroatoms. The second-order valence-electron chi connectivity index (χ2n) is 3.07. The Kier molecular flexibility index (Phi) is 2.46. The molecule has 1 heterocycles. The molecule has 2 aromatic rings. The minimum absolute atomic E-state index is 0.0796. The van der Waals surface area contributed by atoms with Crippen molar-refractivity contribution in [3.05, 3.63) is 60.9 Å². The first-order valence-electron chi connectivity index (χ1n) is 4.58. The van der Waals surface area contributed by atoms with Gasteiger partial charge >= 0.3 is 0 Å². The Morgan fingerprint density at radius 2 is 2.27 bits per heavy atom. The van der Waals surface area contributed by atoms with E-state index in [-0.39, 0.29) is 5.78 Å². The first kappa shape index (κ1) is 9.40. The summed E-state index contributed by atoms with van der Waals surface area (Å²) in [6.07, 6.45) is 4.84. The van der Waals surface area contributed by atoms with Gasteiger partial charge in [0.15, 0.2) is 5.78 Å². The SMILES string of the molecule is C=CC(=O)c1cccc(-n2cccn2)c1. The molecule has 0 aliphatic carbocycles. The monoisotopic (exact) mass is 198 g/mol. The number of hydrogen-bond donors (Lipinski definition) is 0. The Morgan fingerprint density at radius 3 is 2.93 bits per heavy atom. The molecule has 0 fully saturated rings. The number of carbonyl (C=O) groups is 1. The third-order valence-electron chi connectivity index (χ3n) is 2.09. The zero-order valence-corrected chi connectivity index (χ0v) is 8.13. The maximum Gasteiger partial charge on any atom is 0.185 e. The minimum atomic E-state index is -0.0796. The second-order valence-corrected chi connectivity index (χ2v) is 3.07. The molecular formula is C12H10N2O. The van der Waals surface area contributed by atoms with Crippen molar-refractivity contribution in [1.29, 1.82) is 0 Å². The van der Waals surface area contributed by atoms with Crippen molar-refractivity contribution < 1.29 is 4.79 Å². The molecular weight excluding hydrogens is 188 g/mol. The van der Waals surface area contributed by atoms with E-state index in [0.29, 0.717) is 5.56 Å². The Morgan fingerprint density at radius 1 is 1.40 bits per heavy atom. The summed E-state index contributed by atoms with van der Waals surface area (Å²) in [5.74, 6) is -0.0796. The molecule has 1 aromatic carbocycles. The average Bonchev–Trinajstić information content (AvgIpc) is 2.82. The molecule has 0 atom stereocenters. The van der Waals surface area contributed by atoms with Crippen LogP contribution in [-0.4, -0.2) is 15.6 Å². The Labute approximate surface area is 87.7 Å². The molecule has 0 aliphatic heterocycles. The zero-order chi connectivity index (χ0) is 10.7. The number of allylic oxidation sites excluding steroid dienone is 1. The van der Waals surface area contributed by atoms with Crippen LogP contribution in [0.4, 0.5) is 0 Å². The molecule has 1 aromatic heterocycles. The smallest absolute Gasteiger partial charge is 0.185 e. The molecule has 2 rings (SSSR count). The fraction of sp³-hybridized carbons (Fsp3) is 0. The number of carbonyl (C=O) groups excluding carboxylic acids is 1. The summed E-state index contributed by atoms with van der Waals surface area (Å²) in [7, 11) is 0. The van der Waals surface area contributed by atoms with Crippen LogP contribution in [0.5, 0.6) is 0 Å². The Hall–Kier alpha value is -2.16. The first-order chi connectivity index (χ1) is 7.31. The van der Waals surface area contributed by atoms with Crippen LogP contribution in [-0.2, 0) is 0 Å². The number of rotatable bonds is 3. The van der Waals surface area contributed by atoms with Crippen molar-refractivity contribution in [1.82, 2.24) is 9.78 Å². The van der Waals surface area contributed by atoms with Gasteiger partial charge in [-0.15, -0.1) is 0 Å². The lowest BCUT2D eigenvalue weighted by Gasteiger charge is -2.02. The number of hydrogen-bond acceptors (Lipinski definition) is 2. The molecule has 0 bridgehead atoms. The molecule has 74 valence electrons. The van der Waals surface area contributed by atoms with Gasteiger partial charge < -0.3 is 0 Å². The van der Waals surface area contributed by atoms with Gasteiger partial charge in [-0.1, -0.05) is 18.7 Å². The van der Waals surface area contributed by atoms with E-state index < -0.39 is 0 Å². The van der Waals surface area contributed by atoms with E-state index in [0.717, 1.165) is 5.69 Å². The lowest BCUT2D eigenvalue weighted by molar-refractivity contribution is 0.104. The quantitative estimate of drug-likeness (QED) is 0.560. The summed E-state index contributed by atoms with van der Waals surface area (Å²) in [5.41, 5.74) is 1.49. The van der Waals surface area contributed by atoms with Crippen LogP contribution in [0.1, 0.15) is 10.4 Å². The lowest BCUT2D eigenvalue weighted by Crippen LogP contribution is -1.98. The minimum Gasteiger partial charge on any atom is -0.289 e. The van der Waals surface area contributed by atoms with Gasteiger partial charge in [-0.3, -0.25) is 4.79 Å². The summed E-state index contributed by atoms with van der Waals surface area (Å²) in [4.78, 5) is 11.4. The molecule has 0 aliphatic rings. The lowest BCUT2D eigenvalue weighted by atomic mass is 10.1. The van der Waals surface area contributed by atoms with Gasteiger partial charge in [-0.2, -0.15) is 5.10 Å². The summed E-state index contributed by atoms with van der Waals surface area (Å²) in [6, 6.07) is 9.11. The number of nitrogens with zero attached hydrogens (tertiary/aromatic N) is 2. The summed E-state index contributed by atoms with van der Waals surface area (Å²) >= 11 is 0. The number of aromatic nitrogens is 2. The topological polar surface area (TPSA) is 34.9 Å². The highest BCUT2D eigenvalue weighted by Gasteiger charge is 2.02. The molecule has 0 N–H and O–H groups in total. The van der Waals surface area contributed by atoms with Crippen LogP contribution in [0, 0.1) is 0 Å². The van der Waals surface area contributed by atoms with Crippen LogP contribution < -0.4 is 0 Å². The van der Waals surface area contributed by atoms with Gasteiger partial charge in [0.1, 0.15) is 0 Å². The van der Waals surface area contributed by atoms with Crippen LogP contribution in [0.25, 0.3) is 5.69 Å². The fourth-order valence-corrected chi connectivity index (χ4v) is 1.34. The van der Waals surface area contributed by atoms with E-state index >= 15 is 0 Å². The van der Waals surface area contributed by atoms with E-state index in [4.69, 9.17) is 0 Å². The van der Waals surface area contributed by atoms with E-state index in [1.165, 1.54) is 6.08 Å². The third-order valence-corrected chi connectivity index (χ3v) is 2.09. The van der Waals surface area contributed by atoms with Crippen LogP contribution in [0.3, 0.4) is 0 Å². The van der Waals surface area contributed by atoms with Crippen molar-refractivity contribution in [3.8, 4) is 5.69 Å². The summed E-state index contributed by atoms with van der Waals surface area (Å²) in [6.45, 7) is 3.46. The Bertz CT molecular complexity index is 486. The molecule has 0 saturated heterocycles. The van der Waals surface area contributed by atoms with Crippen molar-refractivity contribution in [2.45, 2.75) is 0 Å². The van der Waals surface area contributed by atoms with Gasteiger partial charge in [0.2, 0.25) is 0 Å². The highest BCUT2D eigenvalue weighted by atomic mass is 16.1. The predicted molar refractivity (Wildman–Crippen MR) is 58.1 cm³/mol.